The number of carbonyl (C=O) groups is 4. The fraction of sp³-hybridized carbons (Fsp3) is 0.922. The third kappa shape index (κ3) is 16.4. The molecule has 0 aliphatic carbocycles. The molecule has 0 spiro atoms. The van der Waals surface area contributed by atoms with E-state index in [0.717, 1.165) is 20.8 Å². The Morgan fingerprint density at radius 1 is 0.462 bits per heavy atom. The average Bonchev–Trinajstić information content (AvgIpc) is 0.794. The molecule has 0 radical (unpaired) electrons. The van der Waals surface area contributed by atoms with E-state index in [1.54, 1.807) is 0 Å². The lowest BCUT2D eigenvalue weighted by Gasteiger charge is -2.53. The number of hydrogen-bond donors (Lipinski definition) is 23. The van der Waals surface area contributed by atoms with Crippen molar-refractivity contribution in [2.45, 2.75) is 261 Å². The van der Waals surface area contributed by atoms with Crippen molar-refractivity contribution >= 4 is 23.7 Å². The van der Waals surface area contributed by atoms with Crippen molar-refractivity contribution in [1.29, 1.82) is 0 Å². The van der Waals surface area contributed by atoms with Crippen LogP contribution in [0.5, 0.6) is 0 Å². The van der Waals surface area contributed by atoms with E-state index >= 15 is 0 Å². The Kier molecular flexibility index (Phi) is 26.1. The predicted molar refractivity (Wildman–Crippen MR) is 281 cm³/mol. The van der Waals surface area contributed by atoms with E-state index in [9.17, 15) is 121 Å². The maximum Gasteiger partial charge on any atom is 0.364 e. The minimum Gasteiger partial charge on any atom is -0.477 e. The molecule has 40 heteroatoms. The summed E-state index contributed by atoms with van der Waals surface area (Å²) in [5.41, 5.74) is 0. The molecule has 40 nitrogen and oxygen atoms in total. The van der Waals surface area contributed by atoms with Gasteiger partial charge in [-0.1, -0.05) is 0 Å². The molecule has 7 heterocycles. The zero-order chi connectivity index (χ0) is 67.6. The van der Waals surface area contributed by atoms with Crippen molar-refractivity contribution in [1.82, 2.24) is 16.0 Å². The lowest BCUT2D eigenvalue weighted by Crippen LogP contribution is -2.72. The summed E-state index contributed by atoms with van der Waals surface area (Å²) in [5.74, 6) is -7.88. The first-order valence-corrected chi connectivity index (χ1v) is 29.0. The van der Waals surface area contributed by atoms with Crippen LogP contribution in [0.2, 0.25) is 0 Å². The molecule has 7 aliphatic heterocycles. The van der Waals surface area contributed by atoms with E-state index in [0.29, 0.717) is 0 Å². The zero-order valence-electron chi connectivity index (χ0n) is 49.3. The Bertz CT molecular complexity index is 2380. The summed E-state index contributed by atoms with van der Waals surface area (Å²) in [4.78, 5) is 51.7. The first kappa shape index (κ1) is 75.0. The topological polar surface area (TPSA) is 629 Å². The highest BCUT2D eigenvalue weighted by atomic mass is 16.8. The fourth-order valence-corrected chi connectivity index (χ4v) is 11.6. The van der Waals surface area contributed by atoms with Crippen molar-refractivity contribution in [3.8, 4) is 0 Å². The number of nitrogens with one attached hydrogen (secondary N) is 3. The van der Waals surface area contributed by atoms with Crippen LogP contribution in [0.3, 0.4) is 0 Å². The predicted octanol–water partition coefficient (Wildman–Crippen LogP) is -14.6. The van der Waals surface area contributed by atoms with E-state index in [2.05, 4.69) is 16.0 Å². The third-order valence-electron chi connectivity index (χ3n) is 16.6. The monoisotopic (exact) mass is 1330 g/mol. The van der Waals surface area contributed by atoms with Gasteiger partial charge in [0.05, 0.1) is 51.3 Å². The smallest absolute Gasteiger partial charge is 0.364 e. The molecule has 0 unspecified atom stereocenters. The number of ether oxygens (including phenoxy) is 13. The van der Waals surface area contributed by atoms with Crippen molar-refractivity contribution in [2.24, 2.45) is 0 Å². The van der Waals surface area contributed by atoms with E-state index in [-0.39, 0.29) is 0 Å². The minimum absolute atomic E-state index is 0.845. The number of carboxylic acid groups (broad SMARTS) is 1. The van der Waals surface area contributed by atoms with Crippen LogP contribution in [0.15, 0.2) is 0 Å². The molecule has 7 rings (SSSR count). The number of hydrogen-bond acceptors (Lipinski definition) is 36. The van der Waals surface area contributed by atoms with Gasteiger partial charge in [-0.3, -0.25) is 14.4 Å². The molecule has 0 aromatic rings. The van der Waals surface area contributed by atoms with Crippen LogP contribution in [-0.4, -0.2) is 379 Å². The van der Waals surface area contributed by atoms with Crippen molar-refractivity contribution < 1.29 is 183 Å². The van der Waals surface area contributed by atoms with Crippen LogP contribution in [0, 0.1) is 0 Å². The molecule has 7 fully saturated rings. The molecular weight excluding hydrogens is 1250 g/mol. The van der Waals surface area contributed by atoms with Gasteiger partial charge in [-0.2, -0.15) is 0 Å². The maximum absolute atomic E-state index is 13.5. The molecule has 36 atom stereocenters. The van der Waals surface area contributed by atoms with Crippen LogP contribution in [0.1, 0.15) is 41.0 Å². The number of carboxylic acids is 1. The Balaban J connectivity index is 1.31. The maximum atomic E-state index is 13.5. The van der Waals surface area contributed by atoms with Crippen LogP contribution >= 0.6 is 0 Å². The summed E-state index contributed by atoms with van der Waals surface area (Å²) >= 11 is 0. The van der Waals surface area contributed by atoms with Gasteiger partial charge in [-0.05, 0) is 13.8 Å². The third-order valence-corrected chi connectivity index (χ3v) is 16.6. The van der Waals surface area contributed by atoms with E-state index in [1.165, 1.54) is 13.8 Å². The number of aliphatic hydroxyl groups excluding tert-OH is 19. The Morgan fingerprint density at radius 2 is 0.912 bits per heavy atom. The quantitative estimate of drug-likeness (QED) is 0.0452. The summed E-state index contributed by atoms with van der Waals surface area (Å²) in [5, 5.41) is 225. The molecule has 23 N–H and O–H groups in total. The molecule has 7 saturated heterocycles. The van der Waals surface area contributed by atoms with Gasteiger partial charge >= 0.3 is 5.97 Å². The number of rotatable bonds is 23. The van der Waals surface area contributed by atoms with E-state index < -0.39 is 284 Å². The Hall–Kier alpha value is -3.40. The second-order valence-corrected chi connectivity index (χ2v) is 23.2. The molecule has 7 aliphatic rings. The lowest BCUT2D eigenvalue weighted by atomic mass is 9.90. The fourth-order valence-electron chi connectivity index (χ4n) is 11.6. The van der Waals surface area contributed by atoms with Crippen LogP contribution in [-0.2, 0) is 80.8 Å². The summed E-state index contributed by atoms with van der Waals surface area (Å²) in [6.07, 6.45) is -66.3. The number of carbonyl (C=O) groups excluding carboxylic acids is 3. The van der Waals surface area contributed by atoms with Gasteiger partial charge in [0.2, 0.25) is 17.7 Å². The summed E-state index contributed by atoms with van der Waals surface area (Å²) in [7, 11) is 0. The van der Waals surface area contributed by atoms with Gasteiger partial charge in [0.1, 0.15) is 159 Å². The largest absolute Gasteiger partial charge is 0.477 e. The van der Waals surface area contributed by atoms with Crippen LogP contribution < -0.4 is 16.0 Å². The standard InChI is InChI=1S/C51H85N3O37/c1-12-26(64)34(72)36(74)47(80-12)88-40-25(54-16(5)61)46(87-39-24(53-15(4)60)44(76)82-22(32(39)70)11-79-51(50(77)78)6-17(62)28(66)41(91-51)29(67)18(63)7-55)85-21(10-58)38(40)86-49-43(90-48-37(75)35(73)27(65)13(2)81-48)42(31(69)20(9-57)84-49)89-45-23(52-14(3)59)33(71)30(68)19(8-56)83-45/h12-13,17-49,55-58,62-76H,6-11H2,1-5H3,(H,52,59)(H,53,60)(H,54,61)(H,77,78)/t12-,13-,17-,18+,19+,20+,21+,22+,23+,24+,25+,26+,27+,28+,29+,30-,31-,32-,33+,34+,35+,36-,37-,38+,39+,40+,41+,42-,43+,44+,45+,46-,47-,48-,49-,51+/m0/s1. The van der Waals surface area contributed by atoms with E-state index in [1.807, 2.05) is 0 Å². The van der Waals surface area contributed by atoms with Gasteiger partial charge in [0, 0.05) is 27.2 Å². The summed E-state index contributed by atoms with van der Waals surface area (Å²) in [6.45, 7) is -0.368. The SMILES string of the molecule is CC(=O)N[C@@H]1[C@@H](O[C@@H]2O[C@H](CO)[C@@H](O[C@@H]3O[C@H](CO)[C@H](O)[C@H](O[C@H]4O[C@H](CO)[C@H](O)[C@H](O)[C@H]4NC(C)=O)[C@H]3O[C@@H]3O[C@@H](C)[C@@H](O)[C@@H](O)[C@@H]3O)[C@H](O[C@@H]3O[C@@H](C)[C@@H](O)[C@@H](O)[C@@H]3O)[C@H]2NC(C)=O)[C@@H](O)[C@@H](CO[C@]2(C(=O)O)C[C@H](O)[C@@H](O)[C@H]([C@H](O)[C@H](O)CO)O2)O[C@H]1O. The molecular formula is C51H85N3O37. The normalized spacial score (nSPS) is 48.0. The molecule has 0 bridgehead atoms. The highest BCUT2D eigenvalue weighted by molar-refractivity contribution is 5.76. The molecule has 0 aromatic carbocycles. The minimum atomic E-state index is -3.07. The first-order chi connectivity index (χ1) is 42.7. The molecule has 526 valence electrons. The molecule has 0 aromatic heterocycles. The van der Waals surface area contributed by atoms with Gasteiger partial charge in [0.25, 0.3) is 5.79 Å². The number of aliphatic carboxylic acids is 1. The van der Waals surface area contributed by atoms with Gasteiger partial charge < -0.3 is 180 Å². The highest BCUT2D eigenvalue weighted by Gasteiger charge is 2.61. The number of aliphatic hydroxyl groups is 19. The number of amides is 3. The summed E-state index contributed by atoms with van der Waals surface area (Å²) in [6, 6.07) is -5.71. The van der Waals surface area contributed by atoms with Crippen molar-refractivity contribution in [3.63, 3.8) is 0 Å². The second kappa shape index (κ2) is 31.6. The van der Waals surface area contributed by atoms with Gasteiger partial charge in [-0.25, -0.2) is 4.79 Å². The molecule has 0 saturated carbocycles. The summed E-state index contributed by atoms with van der Waals surface area (Å²) < 4.78 is 77.9. The van der Waals surface area contributed by atoms with Crippen LogP contribution in [0.4, 0.5) is 0 Å². The lowest BCUT2D eigenvalue weighted by molar-refractivity contribution is -0.407. The van der Waals surface area contributed by atoms with Crippen molar-refractivity contribution in [2.75, 3.05) is 33.0 Å². The van der Waals surface area contributed by atoms with Crippen LogP contribution in [0.25, 0.3) is 0 Å². The molecule has 91 heavy (non-hydrogen) atoms. The van der Waals surface area contributed by atoms with E-state index in [4.69, 9.17) is 61.6 Å². The highest BCUT2D eigenvalue weighted by Crippen LogP contribution is 2.40. The Labute approximate surface area is 516 Å². The van der Waals surface area contributed by atoms with Gasteiger partial charge in [0.15, 0.2) is 37.7 Å². The van der Waals surface area contributed by atoms with Crippen molar-refractivity contribution in [3.05, 3.63) is 0 Å². The van der Waals surface area contributed by atoms with Gasteiger partial charge in [-0.15, -0.1) is 0 Å². The second-order valence-electron chi connectivity index (χ2n) is 23.2. The Morgan fingerprint density at radius 3 is 1.44 bits per heavy atom. The zero-order valence-corrected chi connectivity index (χ0v) is 49.3. The molecule has 3 amide bonds. The average molecular weight is 1330 g/mol. The first-order valence-electron chi connectivity index (χ1n) is 29.0.